The van der Waals surface area contributed by atoms with Crippen LogP contribution in [0.5, 0.6) is 0 Å². The summed E-state index contributed by atoms with van der Waals surface area (Å²) in [4.78, 5) is 43.6. The van der Waals surface area contributed by atoms with Gasteiger partial charge in [-0.1, -0.05) is 0 Å². The second kappa shape index (κ2) is 9.30. The van der Waals surface area contributed by atoms with Crippen molar-refractivity contribution in [2.24, 2.45) is 5.73 Å². The van der Waals surface area contributed by atoms with Gasteiger partial charge in [-0.3, -0.25) is 9.36 Å². The number of nitrogen functional groups attached to an aromatic ring is 1. The minimum Gasteiger partial charge on any atom is -0.479 e. The molecule has 3 aromatic heterocycles. The number of aliphatic hydroxyl groups is 1. The number of carboxylic acid groups (broad SMARTS) is 1. The summed E-state index contributed by atoms with van der Waals surface area (Å²) >= 11 is 1.41. The number of aromatic nitrogens is 6. The minimum atomic E-state index is -1.52. The van der Waals surface area contributed by atoms with Crippen LogP contribution in [0.4, 0.5) is 5.82 Å². The number of ether oxygens (including phenoxy) is 1. The van der Waals surface area contributed by atoms with Gasteiger partial charge < -0.3 is 36.7 Å². The lowest BCUT2D eigenvalue weighted by Crippen LogP contribution is -2.54. The first kappa shape index (κ1) is 22.9. The number of carbonyl (C=O) groups excluding carboxylic acids is 1. The Morgan fingerprint density at radius 3 is 2.85 bits per heavy atom. The SMILES string of the molecule is Cc1[nH]cnc1CSCC(N)C(=O)NC1C(C(=O)O)OC(n2cnc3c(N)ncnc32)C1O. The molecule has 176 valence electrons. The summed E-state index contributed by atoms with van der Waals surface area (Å²) in [7, 11) is 0. The third-order valence-electron chi connectivity index (χ3n) is 5.29. The predicted octanol–water partition coefficient (Wildman–Crippen LogP) is -1.47. The van der Waals surface area contributed by atoms with Crippen molar-refractivity contribution < 1.29 is 24.5 Å². The topological polar surface area (TPSA) is 220 Å². The summed E-state index contributed by atoms with van der Waals surface area (Å²) in [6.07, 6.45) is 0.000581. The molecule has 0 radical (unpaired) electrons. The number of nitrogens with zero attached hydrogens (tertiary/aromatic N) is 5. The highest BCUT2D eigenvalue weighted by Gasteiger charge is 2.49. The van der Waals surface area contributed by atoms with Crippen LogP contribution in [0.15, 0.2) is 19.0 Å². The molecule has 8 N–H and O–H groups in total. The van der Waals surface area contributed by atoms with Crippen LogP contribution in [0.1, 0.15) is 17.6 Å². The van der Waals surface area contributed by atoms with Gasteiger partial charge in [0, 0.05) is 17.2 Å². The number of thioether (sulfide) groups is 1. The number of rotatable bonds is 8. The lowest BCUT2D eigenvalue weighted by atomic mass is 10.1. The van der Waals surface area contributed by atoms with E-state index < -0.39 is 42.4 Å². The lowest BCUT2D eigenvalue weighted by molar-refractivity contribution is -0.152. The van der Waals surface area contributed by atoms with Crippen LogP contribution >= 0.6 is 11.8 Å². The van der Waals surface area contributed by atoms with Crippen LogP contribution in [-0.2, 0) is 20.1 Å². The van der Waals surface area contributed by atoms with Gasteiger partial charge in [0.25, 0.3) is 0 Å². The number of aryl methyl sites for hydroxylation is 1. The first-order valence-corrected chi connectivity index (χ1v) is 11.0. The zero-order valence-corrected chi connectivity index (χ0v) is 18.3. The number of anilines is 1. The Morgan fingerprint density at radius 1 is 1.36 bits per heavy atom. The molecular formula is C18H23N9O5S. The normalized spacial score (nSPS) is 23.6. The first-order chi connectivity index (χ1) is 15.8. The van der Waals surface area contributed by atoms with Crippen LogP contribution < -0.4 is 16.8 Å². The second-order valence-electron chi connectivity index (χ2n) is 7.49. The van der Waals surface area contributed by atoms with E-state index in [1.807, 2.05) is 6.92 Å². The van der Waals surface area contributed by atoms with Crippen LogP contribution in [0.2, 0.25) is 0 Å². The van der Waals surface area contributed by atoms with E-state index >= 15 is 0 Å². The van der Waals surface area contributed by atoms with Crippen molar-refractivity contribution in [3.8, 4) is 0 Å². The Hall–Kier alpha value is -3.27. The van der Waals surface area contributed by atoms with E-state index in [0.717, 1.165) is 11.4 Å². The monoisotopic (exact) mass is 477 g/mol. The maximum atomic E-state index is 12.6. The molecule has 0 spiro atoms. The van der Waals surface area contributed by atoms with Crippen molar-refractivity contribution in [3.63, 3.8) is 0 Å². The number of amides is 1. The predicted molar refractivity (Wildman–Crippen MR) is 117 cm³/mol. The van der Waals surface area contributed by atoms with Crippen molar-refractivity contribution in [2.45, 2.75) is 43.2 Å². The molecule has 0 aliphatic carbocycles. The fourth-order valence-electron chi connectivity index (χ4n) is 3.49. The Balaban J connectivity index is 1.44. The molecule has 5 atom stereocenters. The molecule has 1 amide bonds. The van der Waals surface area contributed by atoms with Gasteiger partial charge in [0.1, 0.15) is 17.9 Å². The number of carbonyl (C=O) groups is 2. The smallest absolute Gasteiger partial charge is 0.335 e. The van der Waals surface area contributed by atoms with E-state index in [9.17, 15) is 19.8 Å². The molecule has 1 fully saturated rings. The third-order valence-corrected chi connectivity index (χ3v) is 6.37. The average Bonchev–Trinajstić information content (AvgIpc) is 3.47. The Bertz CT molecular complexity index is 1170. The summed E-state index contributed by atoms with van der Waals surface area (Å²) < 4.78 is 6.91. The summed E-state index contributed by atoms with van der Waals surface area (Å²) in [5.41, 5.74) is 14.1. The van der Waals surface area contributed by atoms with Crippen LogP contribution in [0.3, 0.4) is 0 Å². The molecule has 1 saturated heterocycles. The second-order valence-corrected chi connectivity index (χ2v) is 8.52. The quantitative estimate of drug-likeness (QED) is 0.219. The number of nitrogens with one attached hydrogen (secondary N) is 2. The van der Waals surface area contributed by atoms with E-state index in [4.69, 9.17) is 16.2 Å². The van der Waals surface area contributed by atoms with Crippen molar-refractivity contribution in [1.29, 1.82) is 0 Å². The molecule has 0 saturated carbocycles. The number of imidazole rings is 2. The van der Waals surface area contributed by atoms with Crippen molar-refractivity contribution >= 4 is 40.6 Å². The van der Waals surface area contributed by atoms with Crippen LogP contribution in [-0.4, -0.2) is 81.6 Å². The zero-order valence-electron chi connectivity index (χ0n) is 17.5. The molecule has 4 rings (SSSR count). The van der Waals surface area contributed by atoms with Gasteiger partial charge in [-0.15, -0.1) is 0 Å². The van der Waals surface area contributed by atoms with Gasteiger partial charge >= 0.3 is 5.97 Å². The third kappa shape index (κ3) is 4.47. The fraction of sp³-hybridized carbons (Fsp3) is 0.444. The molecule has 0 bridgehead atoms. The number of hydrogen-bond donors (Lipinski definition) is 6. The molecule has 33 heavy (non-hydrogen) atoms. The summed E-state index contributed by atoms with van der Waals surface area (Å²) in [6, 6.07) is -2.18. The van der Waals surface area contributed by atoms with Crippen molar-refractivity contribution in [1.82, 2.24) is 34.8 Å². The van der Waals surface area contributed by atoms with Gasteiger partial charge in [0.2, 0.25) is 5.91 Å². The Labute approximate surface area is 191 Å². The Kier molecular flexibility index (Phi) is 6.46. The number of fused-ring (bicyclic) bond motifs is 1. The maximum absolute atomic E-state index is 12.6. The van der Waals surface area contributed by atoms with Crippen molar-refractivity contribution in [3.05, 3.63) is 30.4 Å². The zero-order chi connectivity index (χ0) is 23.7. The number of nitrogens with two attached hydrogens (primary N) is 2. The first-order valence-electron chi connectivity index (χ1n) is 9.89. The molecule has 5 unspecified atom stereocenters. The highest BCUT2D eigenvalue weighted by molar-refractivity contribution is 7.98. The largest absolute Gasteiger partial charge is 0.479 e. The molecule has 3 aromatic rings. The molecule has 14 nitrogen and oxygen atoms in total. The summed E-state index contributed by atoms with van der Waals surface area (Å²) in [6.45, 7) is 1.89. The number of carboxylic acids is 1. The van der Waals surface area contributed by atoms with E-state index in [0.29, 0.717) is 5.75 Å². The average molecular weight is 478 g/mol. The van der Waals surface area contributed by atoms with Gasteiger partial charge in [-0.2, -0.15) is 11.8 Å². The van der Waals surface area contributed by atoms with Gasteiger partial charge in [-0.25, -0.2) is 24.7 Å². The lowest BCUT2D eigenvalue weighted by Gasteiger charge is -2.22. The summed E-state index contributed by atoms with van der Waals surface area (Å²) in [5, 5.41) is 23.0. The number of hydrogen-bond acceptors (Lipinski definition) is 11. The van der Waals surface area contributed by atoms with Crippen LogP contribution in [0, 0.1) is 6.92 Å². The van der Waals surface area contributed by atoms with E-state index in [1.54, 1.807) is 6.33 Å². The van der Waals surface area contributed by atoms with E-state index in [1.165, 1.54) is 29.0 Å². The molecule has 15 heteroatoms. The molecular weight excluding hydrogens is 454 g/mol. The highest BCUT2D eigenvalue weighted by atomic mass is 32.2. The Morgan fingerprint density at radius 2 is 2.15 bits per heavy atom. The number of aliphatic carboxylic acids is 1. The molecule has 1 aliphatic heterocycles. The fourth-order valence-corrected chi connectivity index (χ4v) is 4.50. The molecule has 1 aliphatic rings. The van der Waals surface area contributed by atoms with Crippen molar-refractivity contribution in [2.75, 3.05) is 11.5 Å². The number of aromatic amines is 1. The van der Waals surface area contributed by atoms with Crippen LogP contribution in [0.25, 0.3) is 11.2 Å². The highest BCUT2D eigenvalue weighted by Crippen LogP contribution is 2.32. The van der Waals surface area contributed by atoms with Gasteiger partial charge in [-0.05, 0) is 6.92 Å². The minimum absolute atomic E-state index is 0.124. The number of aliphatic hydroxyl groups excluding tert-OH is 1. The van der Waals surface area contributed by atoms with Gasteiger partial charge in [0.05, 0.1) is 30.4 Å². The number of H-pyrrole nitrogens is 1. The molecule has 0 aromatic carbocycles. The maximum Gasteiger partial charge on any atom is 0.335 e. The van der Waals surface area contributed by atoms with E-state index in [2.05, 4.69) is 30.2 Å². The van der Waals surface area contributed by atoms with E-state index in [-0.39, 0.29) is 22.7 Å². The standard InChI is InChI=1S/C18H23N9O5S/c1-7-9(22-4-21-7)3-33-2-8(19)16(29)26-10-12(28)17(32-13(10)18(30)31)27-6-25-11-14(20)23-5-24-15(11)27/h4-6,8,10,12-13,17,28H,2-3,19H2,1H3,(H,21,22)(H,26,29)(H,30,31)(H2,20,23,24). The van der Waals surface area contributed by atoms with Gasteiger partial charge in [0.15, 0.2) is 23.8 Å². The summed E-state index contributed by atoms with van der Waals surface area (Å²) in [5.74, 6) is -1.01. The molecule has 4 heterocycles.